The number of rotatable bonds is 8. The van der Waals surface area contributed by atoms with Gasteiger partial charge in [0.2, 0.25) is 5.12 Å². The summed E-state index contributed by atoms with van der Waals surface area (Å²) in [7, 11) is -4.06. The van der Waals surface area contributed by atoms with Crippen molar-refractivity contribution in [3.63, 3.8) is 0 Å². The molecule has 0 aliphatic heterocycles. The van der Waals surface area contributed by atoms with Gasteiger partial charge in [0.1, 0.15) is 5.69 Å². The second-order valence-corrected chi connectivity index (χ2v) is 9.17. The summed E-state index contributed by atoms with van der Waals surface area (Å²) in [4.78, 5) is 28.0. The van der Waals surface area contributed by atoms with Crippen LogP contribution in [-0.2, 0) is 10.0 Å². The number of sulfonamides is 1. The van der Waals surface area contributed by atoms with Crippen molar-refractivity contribution in [2.24, 2.45) is 0 Å². The molecule has 0 saturated carbocycles. The Morgan fingerprint density at radius 3 is 2.12 bits per heavy atom. The van der Waals surface area contributed by atoms with E-state index in [1.54, 1.807) is 18.2 Å². The zero-order valence-electron chi connectivity index (χ0n) is 16.7. The van der Waals surface area contributed by atoms with Gasteiger partial charge in [0.25, 0.3) is 10.0 Å². The highest BCUT2D eigenvalue weighted by Crippen LogP contribution is 2.23. The smallest absolute Gasteiger partial charge is 0.298 e. The van der Waals surface area contributed by atoms with Crippen LogP contribution in [0, 0.1) is 0 Å². The summed E-state index contributed by atoms with van der Waals surface area (Å²) in [6, 6.07) is 14.5. The zero-order valence-corrected chi connectivity index (χ0v) is 18.3. The van der Waals surface area contributed by atoms with Gasteiger partial charge in [-0.25, -0.2) is 8.42 Å². The van der Waals surface area contributed by atoms with Crippen LogP contribution in [0.25, 0.3) is 0 Å². The molecule has 12 heteroatoms. The fourth-order valence-corrected chi connectivity index (χ4v) is 4.35. The molecule has 172 valence electrons. The number of Topliss-reactive ketones (excluding diaryl/α,β-unsaturated/α-hetero) is 1. The average molecular weight is 496 g/mol. The van der Waals surface area contributed by atoms with Crippen molar-refractivity contribution in [2.45, 2.75) is 11.2 Å². The van der Waals surface area contributed by atoms with Gasteiger partial charge in [-0.15, -0.1) is 0 Å². The topological polar surface area (TPSA) is 105 Å². The van der Waals surface area contributed by atoms with Crippen molar-refractivity contribution >= 4 is 44.1 Å². The molecular formula is C21H16F3N3O4S2. The summed E-state index contributed by atoms with van der Waals surface area (Å²) in [5.74, 6) is -0.440. The lowest BCUT2D eigenvalue weighted by molar-refractivity contribution is -0.0999. The molecule has 7 nitrogen and oxygen atoms in total. The molecule has 0 spiro atoms. The van der Waals surface area contributed by atoms with E-state index in [0.29, 0.717) is 0 Å². The largest absolute Gasteiger partial charge is 0.482 e. The van der Waals surface area contributed by atoms with Gasteiger partial charge < -0.3 is 0 Å². The predicted octanol–water partition coefficient (Wildman–Crippen LogP) is 4.57. The molecule has 3 aromatic rings. The lowest BCUT2D eigenvalue weighted by atomic mass is 10.1. The molecule has 0 fully saturated rings. The fraction of sp³-hybridized carbons (Fsp3) is 0.0952. The van der Waals surface area contributed by atoms with Crippen LogP contribution in [0.1, 0.15) is 20.8 Å². The van der Waals surface area contributed by atoms with Crippen LogP contribution in [-0.4, -0.2) is 36.4 Å². The van der Waals surface area contributed by atoms with E-state index in [-0.39, 0.29) is 44.2 Å². The van der Waals surface area contributed by atoms with Crippen LogP contribution in [0.4, 0.5) is 24.5 Å². The summed E-state index contributed by atoms with van der Waals surface area (Å²) in [5, 5.41) is 0.937. The Bertz CT molecular complexity index is 1230. The number of aromatic nitrogens is 1. The number of benzene rings is 2. The molecule has 0 aliphatic rings. The van der Waals surface area contributed by atoms with Gasteiger partial charge in [-0.05, 0) is 60.7 Å². The number of carbonyl (C=O) groups is 2. The van der Waals surface area contributed by atoms with E-state index in [4.69, 9.17) is 0 Å². The van der Waals surface area contributed by atoms with Crippen LogP contribution in [0.3, 0.4) is 0 Å². The molecule has 1 heterocycles. The molecule has 0 aliphatic carbocycles. The number of ketones is 1. The monoisotopic (exact) mass is 495 g/mol. The van der Waals surface area contributed by atoms with Gasteiger partial charge in [0, 0.05) is 23.1 Å². The maximum Gasteiger partial charge on any atom is 0.482 e. The Morgan fingerprint density at radius 2 is 1.55 bits per heavy atom. The molecule has 0 bridgehead atoms. The number of anilines is 2. The SMILES string of the molecule is O=C(CSC(=O)c1ccccn1)c1ccc(NS(=O)(=O)c2ccc(NC(F)(F)F)cc2)cc1. The molecule has 0 atom stereocenters. The summed E-state index contributed by atoms with van der Waals surface area (Å²) in [5.41, 5.74) is 0.370. The number of alkyl halides is 3. The number of hydrogen-bond donors (Lipinski definition) is 2. The Hall–Kier alpha value is -3.38. The number of hydrogen-bond acceptors (Lipinski definition) is 7. The molecule has 0 radical (unpaired) electrons. The third-order valence-electron chi connectivity index (χ3n) is 4.12. The Labute approximate surface area is 191 Å². The maximum atomic E-state index is 12.5. The molecular weight excluding hydrogens is 479 g/mol. The molecule has 0 saturated heterocycles. The van der Waals surface area contributed by atoms with Crippen molar-refractivity contribution in [1.82, 2.24) is 4.98 Å². The number of pyridine rings is 1. The van der Waals surface area contributed by atoms with Crippen LogP contribution in [0.2, 0.25) is 0 Å². The lowest BCUT2D eigenvalue weighted by Crippen LogP contribution is -2.20. The minimum absolute atomic E-state index is 0.112. The van der Waals surface area contributed by atoms with E-state index >= 15 is 0 Å². The quantitative estimate of drug-likeness (QED) is 0.348. The van der Waals surface area contributed by atoms with E-state index in [2.05, 4.69) is 9.71 Å². The average Bonchev–Trinajstić information content (AvgIpc) is 2.77. The van der Waals surface area contributed by atoms with Crippen LogP contribution < -0.4 is 10.0 Å². The van der Waals surface area contributed by atoms with Gasteiger partial charge >= 0.3 is 6.30 Å². The highest BCUT2D eigenvalue weighted by atomic mass is 32.2. The standard InChI is InChI=1S/C21H16F3N3O4S2/c22-21(23,24)26-15-8-10-17(11-9-15)33(30,31)27-16-6-4-14(5-7-16)19(28)13-32-20(29)18-3-1-2-12-25-18/h1-12,26-27H,13H2. The number of halogens is 3. The molecule has 3 rings (SSSR count). The van der Waals surface area contributed by atoms with Crippen molar-refractivity contribution in [3.05, 3.63) is 84.2 Å². The first-order valence-electron chi connectivity index (χ1n) is 9.23. The van der Waals surface area contributed by atoms with Crippen molar-refractivity contribution in [2.75, 3.05) is 15.8 Å². The molecule has 1 aromatic heterocycles. The van der Waals surface area contributed by atoms with E-state index in [0.717, 1.165) is 36.0 Å². The molecule has 0 unspecified atom stereocenters. The van der Waals surface area contributed by atoms with Crippen LogP contribution in [0.15, 0.2) is 77.8 Å². The highest BCUT2D eigenvalue weighted by Gasteiger charge is 2.27. The first-order chi connectivity index (χ1) is 15.5. The van der Waals surface area contributed by atoms with Gasteiger partial charge in [-0.2, -0.15) is 13.2 Å². The first kappa shape index (κ1) is 24.3. The second-order valence-electron chi connectivity index (χ2n) is 6.54. The van der Waals surface area contributed by atoms with Crippen molar-refractivity contribution in [3.8, 4) is 0 Å². The Morgan fingerprint density at radius 1 is 0.909 bits per heavy atom. The minimum Gasteiger partial charge on any atom is -0.298 e. The van der Waals surface area contributed by atoms with Gasteiger partial charge in [0.15, 0.2) is 5.78 Å². The Balaban J connectivity index is 1.60. The lowest BCUT2D eigenvalue weighted by Gasteiger charge is -2.11. The van der Waals surface area contributed by atoms with E-state index < -0.39 is 16.3 Å². The molecule has 33 heavy (non-hydrogen) atoms. The second kappa shape index (κ2) is 10.0. The van der Waals surface area contributed by atoms with Gasteiger partial charge in [-0.3, -0.25) is 24.6 Å². The summed E-state index contributed by atoms with van der Waals surface area (Å²) in [6.07, 6.45) is -3.16. The summed E-state index contributed by atoms with van der Waals surface area (Å²) in [6.45, 7) is 0. The van der Waals surface area contributed by atoms with Gasteiger partial charge in [0.05, 0.1) is 10.6 Å². The fourth-order valence-electron chi connectivity index (χ4n) is 2.59. The number of thioether (sulfide) groups is 1. The van der Waals surface area contributed by atoms with E-state index in [9.17, 15) is 31.2 Å². The highest BCUT2D eigenvalue weighted by molar-refractivity contribution is 8.14. The molecule has 2 aromatic carbocycles. The van der Waals surface area contributed by atoms with Crippen molar-refractivity contribution in [1.29, 1.82) is 0 Å². The minimum atomic E-state index is -4.64. The predicted molar refractivity (Wildman–Crippen MR) is 119 cm³/mol. The third-order valence-corrected chi connectivity index (χ3v) is 6.39. The molecule has 2 N–H and O–H groups in total. The Kier molecular flexibility index (Phi) is 7.39. The van der Waals surface area contributed by atoms with Crippen LogP contribution >= 0.6 is 11.8 Å². The van der Waals surface area contributed by atoms with Crippen molar-refractivity contribution < 1.29 is 31.2 Å². The first-order valence-corrected chi connectivity index (χ1v) is 11.7. The summed E-state index contributed by atoms with van der Waals surface area (Å²) < 4.78 is 64.2. The van der Waals surface area contributed by atoms with Crippen LogP contribution in [0.5, 0.6) is 0 Å². The third kappa shape index (κ3) is 7.05. The zero-order chi connectivity index (χ0) is 24.1. The molecule has 0 amide bonds. The normalized spacial score (nSPS) is 11.6. The maximum absolute atomic E-state index is 12.5. The van der Waals surface area contributed by atoms with E-state index in [1.165, 1.54) is 35.8 Å². The number of nitrogens with zero attached hydrogens (tertiary/aromatic N) is 1. The van der Waals surface area contributed by atoms with Gasteiger partial charge in [-0.1, -0.05) is 17.8 Å². The number of carbonyl (C=O) groups excluding carboxylic acids is 2. The number of nitrogens with one attached hydrogen (secondary N) is 2. The summed E-state index contributed by atoms with van der Waals surface area (Å²) >= 11 is 0.810. The van der Waals surface area contributed by atoms with E-state index in [1.807, 2.05) is 0 Å².